The van der Waals surface area contributed by atoms with Crippen molar-refractivity contribution in [1.82, 2.24) is 5.32 Å². The van der Waals surface area contributed by atoms with Gasteiger partial charge in [0.25, 0.3) is 0 Å². The molecule has 12 heavy (non-hydrogen) atoms. The van der Waals surface area contributed by atoms with Gasteiger partial charge in [0.15, 0.2) is 0 Å². The van der Waals surface area contributed by atoms with Crippen molar-refractivity contribution in [2.24, 2.45) is 5.92 Å². The van der Waals surface area contributed by atoms with Gasteiger partial charge in [-0.25, -0.2) is 0 Å². The van der Waals surface area contributed by atoms with Crippen molar-refractivity contribution in [3.05, 3.63) is 0 Å². The molecule has 0 aliphatic rings. The zero-order chi connectivity index (χ0) is 9.23. The maximum atomic E-state index is 3.49. The van der Waals surface area contributed by atoms with Gasteiger partial charge in [-0.2, -0.15) is 0 Å². The number of alkyl halides is 1. The van der Waals surface area contributed by atoms with E-state index in [2.05, 4.69) is 41.8 Å². The Hall–Kier alpha value is 0.690. The van der Waals surface area contributed by atoms with E-state index in [0.29, 0.717) is 0 Å². The third-order valence-electron chi connectivity index (χ3n) is 2.18. The maximum absolute atomic E-state index is 3.49. The standard InChI is InChI=1S/C10H22IN/c1-3-10(2)9-12-8-6-4-5-7-11/h10,12H,3-9H2,1-2H3. The minimum absolute atomic E-state index is 0.842. The third kappa shape index (κ3) is 8.78. The molecular formula is C10H22IN. The van der Waals surface area contributed by atoms with Gasteiger partial charge in [0.2, 0.25) is 0 Å². The second-order valence-corrected chi connectivity index (χ2v) is 4.55. The fourth-order valence-electron chi connectivity index (χ4n) is 1.01. The Morgan fingerprint density at radius 3 is 2.58 bits per heavy atom. The highest BCUT2D eigenvalue weighted by Gasteiger charge is 1.96. The Kier molecular flexibility index (Phi) is 10.3. The summed E-state index contributed by atoms with van der Waals surface area (Å²) in [6.07, 6.45) is 5.40. The minimum Gasteiger partial charge on any atom is -0.316 e. The molecule has 0 saturated carbocycles. The fraction of sp³-hybridized carbons (Fsp3) is 1.00. The van der Waals surface area contributed by atoms with E-state index in [1.807, 2.05) is 0 Å². The summed E-state index contributed by atoms with van der Waals surface area (Å²) in [7, 11) is 0. The molecule has 0 aromatic heterocycles. The maximum Gasteiger partial charge on any atom is -0.000472 e. The van der Waals surface area contributed by atoms with Crippen LogP contribution in [-0.4, -0.2) is 17.5 Å². The number of unbranched alkanes of at least 4 members (excludes halogenated alkanes) is 2. The van der Waals surface area contributed by atoms with Crippen molar-refractivity contribution in [3.8, 4) is 0 Å². The summed E-state index contributed by atoms with van der Waals surface area (Å²) in [5.41, 5.74) is 0. The topological polar surface area (TPSA) is 12.0 Å². The molecule has 1 atom stereocenters. The van der Waals surface area contributed by atoms with Crippen LogP contribution in [0.2, 0.25) is 0 Å². The summed E-state index contributed by atoms with van der Waals surface area (Å²) < 4.78 is 1.31. The van der Waals surface area contributed by atoms with Gasteiger partial charge in [0.1, 0.15) is 0 Å². The molecule has 1 unspecified atom stereocenters. The van der Waals surface area contributed by atoms with E-state index < -0.39 is 0 Å². The van der Waals surface area contributed by atoms with Gasteiger partial charge < -0.3 is 5.32 Å². The highest BCUT2D eigenvalue weighted by Crippen LogP contribution is 1.99. The Morgan fingerprint density at radius 2 is 2.00 bits per heavy atom. The summed E-state index contributed by atoms with van der Waals surface area (Å²) in [5.74, 6) is 0.842. The van der Waals surface area contributed by atoms with E-state index in [4.69, 9.17) is 0 Å². The second kappa shape index (κ2) is 9.78. The smallest absolute Gasteiger partial charge is 0.000472 e. The number of nitrogens with one attached hydrogen (secondary N) is 1. The molecule has 0 radical (unpaired) electrons. The van der Waals surface area contributed by atoms with Crippen LogP contribution in [0.25, 0.3) is 0 Å². The lowest BCUT2D eigenvalue weighted by Gasteiger charge is -2.09. The normalized spacial score (nSPS) is 13.2. The zero-order valence-electron chi connectivity index (χ0n) is 8.41. The molecule has 1 N–H and O–H groups in total. The Bertz CT molecular complexity index is 85.9. The molecule has 0 saturated heterocycles. The average molecular weight is 283 g/mol. The van der Waals surface area contributed by atoms with Crippen LogP contribution in [0.5, 0.6) is 0 Å². The first-order valence-corrected chi connectivity index (χ1v) is 6.60. The number of rotatable bonds is 8. The van der Waals surface area contributed by atoms with Crippen LogP contribution in [0.1, 0.15) is 39.5 Å². The molecule has 0 heterocycles. The minimum atomic E-state index is 0.842. The van der Waals surface area contributed by atoms with Crippen molar-refractivity contribution in [2.75, 3.05) is 17.5 Å². The SMILES string of the molecule is CCC(C)CNCCCCCI. The van der Waals surface area contributed by atoms with Gasteiger partial charge in [-0.1, -0.05) is 49.3 Å². The molecule has 0 bridgehead atoms. The van der Waals surface area contributed by atoms with E-state index in [0.717, 1.165) is 5.92 Å². The molecule has 0 spiro atoms. The third-order valence-corrected chi connectivity index (χ3v) is 2.94. The highest BCUT2D eigenvalue weighted by molar-refractivity contribution is 14.1. The van der Waals surface area contributed by atoms with Crippen molar-refractivity contribution in [1.29, 1.82) is 0 Å². The van der Waals surface area contributed by atoms with E-state index in [1.54, 1.807) is 0 Å². The molecule has 0 fully saturated rings. The quantitative estimate of drug-likeness (QED) is 0.410. The summed E-state index contributed by atoms with van der Waals surface area (Å²) in [4.78, 5) is 0. The predicted octanol–water partition coefficient (Wildman–Crippen LogP) is 3.23. The summed E-state index contributed by atoms with van der Waals surface area (Å²) >= 11 is 2.44. The largest absolute Gasteiger partial charge is 0.316 e. The van der Waals surface area contributed by atoms with E-state index >= 15 is 0 Å². The van der Waals surface area contributed by atoms with Crippen LogP contribution in [0.3, 0.4) is 0 Å². The van der Waals surface area contributed by atoms with Crippen LogP contribution in [0, 0.1) is 5.92 Å². The monoisotopic (exact) mass is 283 g/mol. The van der Waals surface area contributed by atoms with Crippen molar-refractivity contribution >= 4 is 22.6 Å². The molecule has 1 nitrogen and oxygen atoms in total. The number of hydrogen-bond acceptors (Lipinski definition) is 1. The molecule has 0 aliphatic carbocycles. The van der Waals surface area contributed by atoms with E-state index in [1.165, 1.54) is 43.2 Å². The van der Waals surface area contributed by atoms with Gasteiger partial charge in [-0.3, -0.25) is 0 Å². The van der Waals surface area contributed by atoms with Crippen LogP contribution in [0.4, 0.5) is 0 Å². The lowest BCUT2D eigenvalue weighted by molar-refractivity contribution is 0.491. The Labute approximate surface area is 90.8 Å². The summed E-state index contributed by atoms with van der Waals surface area (Å²) in [5, 5.41) is 3.49. The fourth-order valence-corrected chi connectivity index (χ4v) is 1.55. The predicted molar refractivity (Wildman–Crippen MR) is 65.1 cm³/mol. The lowest BCUT2D eigenvalue weighted by atomic mass is 10.1. The van der Waals surface area contributed by atoms with Crippen molar-refractivity contribution in [2.45, 2.75) is 39.5 Å². The summed E-state index contributed by atoms with van der Waals surface area (Å²) in [6, 6.07) is 0. The molecule has 2 heteroatoms. The molecule has 0 aromatic rings. The highest BCUT2D eigenvalue weighted by atomic mass is 127. The van der Waals surface area contributed by atoms with Crippen LogP contribution in [-0.2, 0) is 0 Å². The molecule has 0 rings (SSSR count). The van der Waals surface area contributed by atoms with Crippen molar-refractivity contribution < 1.29 is 0 Å². The molecular weight excluding hydrogens is 261 g/mol. The molecule has 0 aromatic carbocycles. The zero-order valence-corrected chi connectivity index (χ0v) is 10.6. The molecule has 74 valence electrons. The van der Waals surface area contributed by atoms with Crippen LogP contribution >= 0.6 is 22.6 Å². The van der Waals surface area contributed by atoms with Crippen molar-refractivity contribution in [3.63, 3.8) is 0 Å². The lowest BCUT2D eigenvalue weighted by Crippen LogP contribution is -2.21. The van der Waals surface area contributed by atoms with Gasteiger partial charge in [0, 0.05) is 0 Å². The van der Waals surface area contributed by atoms with Crippen LogP contribution in [0.15, 0.2) is 0 Å². The first-order valence-electron chi connectivity index (χ1n) is 5.08. The molecule has 0 aliphatic heterocycles. The van der Waals surface area contributed by atoms with Gasteiger partial charge in [0.05, 0.1) is 0 Å². The first kappa shape index (κ1) is 12.7. The second-order valence-electron chi connectivity index (χ2n) is 3.47. The first-order chi connectivity index (χ1) is 5.81. The molecule has 0 amide bonds. The number of hydrogen-bond donors (Lipinski definition) is 1. The summed E-state index contributed by atoms with van der Waals surface area (Å²) in [6.45, 7) is 6.96. The Morgan fingerprint density at radius 1 is 1.25 bits per heavy atom. The van der Waals surface area contributed by atoms with E-state index in [9.17, 15) is 0 Å². The van der Waals surface area contributed by atoms with Crippen LogP contribution < -0.4 is 5.32 Å². The average Bonchev–Trinajstić information content (AvgIpc) is 2.10. The Balaban J connectivity index is 2.90. The number of halogens is 1. The van der Waals surface area contributed by atoms with Gasteiger partial charge >= 0.3 is 0 Å². The van der Waals surface area contributed by atoms with Gasteiger partial charge in [-0.05, 0) is 36.3 Å². The van der Waals surface area contributed by atoms with Gasteiger partial charge in [-0.15, -0.1) is 0 Å². The van der Waals surface area contributed by atoms with E-state index in [-0.39, 0.29) is 0 Å².